The summed E-state index contributed by atoms with van der Waals surface area (Å²) in [6.45, 7) is 3.60. The molecule has 1 aliphatic rings. The van der Waals surface area contributed by atoms with Crippen LogP contribution in [0.2, 0.25) is 0 Å². The van der Waals surface area contributed by atoms with Crippen LogP contribution in [0.15, 0.2) is 42.0 Å². The molecule has 4 heterocycles. The lowest BCUT2D eigenvalue weighted by Crippen LogP contribution is -2.39. The number of nitrogens with zero attached hydrogens (tertiary/aromatic N) is 3. The zero-order valence-corrected chi connectivity index (χ0v) is 14.4. The summed E-state index contributed by atoms with van der Waals surface area (Å²) in [7, 11) is 0. The van der Waals surface area contributed by atoms with Crippen molar-refractivity contribution in [2.75, 3.05) is 13.1 Å². The standard InChI is InChI=1S/C19H19N3OS/c1-13-8-16(12-24-13)19(23)22-7-3-5-15(11-22)18-9-17-14(10-21-18)4-2-6-20-17/h2,4,6,8-10,12,15H,3,5,7,11H2,1H3/t15-/m1/s1. The molecule has 0 N–H and O–H groups in total. The van der Waals surface area contributed by atoms with Crippen LogP contribution in [0.3, 0.4) is 0 Å². The van der Waals surface area contributed by atoms with Crippen molar-refractivity contribution in [3.8, 4) is 0 Å². The highest BCUT2D eigenvalue weighted by molar-refractivity contribution is 7.10. The average molecular weight is 337 g/mol. The minimum absolute atomic E-state index is 0.142. The van der Waals surface area contributed by atoms with Gasteiger partial charge in [0.05, 0.1) is 11.1 Å². The molecule has 1 fully saturated rings. The Balaban J connectivity index is 1.56. The van der Waals surface area contributed by atoms with Gasteiger partial charge in [-0.2, -0.15) is 0 Å². The first kappa shape index (κ1) is 15.3. The smallest absolute Gasteiger partial charge is 0.254 e. The Bertz CT molecular complexity index is 889. The van der Waals surface area contributed by atoms with Crippen molar-refractivity contribution in [3.63, 3.8) is 0 Å². The van der Waals surface area contributed by atoms with Crippen molar-refractivity contribution in [3.05, 3.63) is 58.2 Å². The second-order valence-corrected chi connectivity index (χ2v) is 7.46. The third-order valence-electron chi connectivity index (χ3n) is 4.61. The fraction of sp³-hybridized carbons (Fsp3) is 0.316. The molecule has 1 amide bonds. The molecule has 0 bridgehead atoms. The summed E-state index contributed by atoms with van der Waals surface area (Å²) < 4.78 is 0. The van der Waals surface area contributed by atoms with Gasteiger partial charge in [0.1, 0.15) is 0 Å². The number of aryl methyl sites for hydroxylation is 1. The first-order valence-corrected chi connectivity index (χ1v) is 9.14. The van der Waals surface area contributed by atoms with Crippen LogP contribution in [0.25, 0.3) is 10.9 Å². The molecule has 0 aliphatic carbocycles. The summed E-state index contributed by atoms with van der Waals surface area (Å²) in [5.41, 5.74) is 2.82. The minimum atomic E-state index is 0.142. The maximum absolute atomic E-state index is 12.7. The van der Waals surface area contributed by atoms with Gasteiger partial charge in [0.15, 0.2) is 0 Å². The van der Waals surface area contributed by atoms with E-state index in [4.69, 9.17) is 0 Å². The van der Waals surface area contributed by atoms with E-state index in [1.54, 1.807) is 11.3 Å². The Kier molecular flexibility index (Phi) is 4.02. The van der Waals surface area contributed by atoms with Gasteiger partial charge in [0.25, 0.3) is 5.91 Å². The van der Waals surface area contributed by atoms with Gasteiger partial charge >= 0.3 is 0 Å². The highest BCUT2D eigenvalue weighted by atomic mass is 32.1. The van der Waals surface area contributed by atoms with Gasteiger partial charge in [-0.15, -0.1) is 11.3 Å². The van der Waals surface area contributed by atoms with Crippen molar-refractivity contribution >= 4 is 28.1 Å². The number of hydrogen-bond acceptors (Lipinski definition) is 4. The topological polar surface area (TPSA) is 46.1 Å². The Labute approximate surface area is 145 Å². The molecule has 0 aromatic carbocycles. The number of likely N-dealkylation sites (tertiary alicyclic amines) is 1. The molecule has 24 heavy (non-hydrogen) atoms. The Morgan fingerprint density at radius 3 is 3.08 bits per heavy atom. The van der Waals surface area contributed by atoms with E-state index < -0.39 is 0 Å². The SMILES string of the molecule is Cc1cc(C(=O)N2CCC[C@@H](c3cc4ncccc4cn3)C2)cs1. The summed E-state index contributed by atoms with van der Waals surface area (Å²) in [5, 5.41) is 3.01. The number of aromatic nitrogens is 2. The van der Waals surface area contributed by atoms with Crippen molar-refractivity contribution in [2.45, 2.75) is 25.7 Å². The zero-order chi connectivity index (χ0) is 16.5. The Morgan fingerprint density at radius 2 is 2.25 bits per heavy atom. The van der Waals surface area contributed by atoms with E-state index in [1.807, 2.05) is 47.8 Å². The lowest BCUT2D eigenvalue weighted by atomic mass is 9.93. The molecule has 0 saturated carbocycles. The molecule has 3 aromatic heterocycles. The van der Waals surface area contributed by atoms with Gasteiger partial charge in [0, 0.05) is 52.7 Å². The predicted octanol–water partition coefficient (Wildman–Crippen LogP) is 4.02. The van der Waals surface area contributed by atoms with E-state index in [9.17, 15) is 4.79 Å². The van der Waals surface area contributed by atoms with Crippen LogP contribution in [0, 0.1) is 6.92 Å². The largest absolute Gasteiger partial charge is 0.338 e. The molecular formula is C19H19N3OS. The molecule has 3 aromatic rings. The van der Waals surface area contributed by atoms with Crippen LogP contribution in [-0.2, 0) is 0 Å². The van der Waals surface area contributed by atoms with Gasteiger partial charge < -0.3 is 4.90 Å². The maximum Gasteiger partial charge on any atom is 0.254 e. The normalized spacial score (nSPS) is 18.0. The highest BCUT2D eigenvalue weighted by Crippen LogP contribution is 2.28. The summed E-state index contributed by atoms with van der Waals surface area (Å²) in [6, 6.07) is 8.00. The van der Waals surface area contributed by atoms with Crippen molar-refractivity contribution in [1.29, 1.82) is 0 Å². The fourth-order valence-electron chi connectivity index (χ4n) is 3.35. The quantitative estimate of drug-likeness (QED) is 0.709. The predicted molar refractivity (Wildman–Crippen MR) is 96.5 cm³/mol. The molecule has 5 heteroatoms. The molecular weight excluding hydrogens is 318 g/mol. The number of fused-ring (bicyclic) bond motifs is 1. The van der Waals surface area contributed by atoms with Crippen LogP contribution in [0.4, 0.5) is 0 Å². The third kappa shape index (κ3) is 2.91. The van der Waals surface area contributed by atoms with Gasteiger partial charge in [-0.05, 0) is 44.0 Å². The van der Waals surface area contributed by atoms with Crippen molar-refractivity contribution in [2.24, 2.45) is 0 Å². The summed E-state index contributed by atoms with van der Waals surface area (Å²) in [5.74, 6) is 0.428. The maximum atomic E-state index is 12.7. The van der Waals surface area contributed by atoms with E-state index in [1.165, 1.54) is 4.88 Å². The summed E-state index contributed by atoms with van der Waals surface area (Å²) in [6.07, 6.45) is 5.78. The second-order valence-electron chi connectivity index (χ2n) is 6.34. The molecule has 4 rings (SSSR count). The van der Waals surface area contributed by atoms with E-state index in [0.29, 0.717) is 0 Å². The lowest BCUT2D eigenvalue weighted by molar-refractivity contribution is 0.0706. The molecule has 1 aliphatic heterocycles. The molecule has 0 radical (unpaired) electrons. The monoisotopic (exact) mass is 337 g/mol. The zero-order valence-electron chi connectivity index (χ0n) is 13.6. The van der Waals surface area contributed by atoms with Crippen LogP contribution in [-0.4, -0.2) is 33.9 Å². The minimum Gasteiger partial charge on any atom is -0.338 e. The fourth-order valence-corrected chi connectivity index (χ4v) is 4.02. The molecule has 122 valence electrons. The van der Waals surface area contributed by atoms with Crippen LogP contribution in [0.5, 0.6) is 0 Å². The number of hydrogen-bond donors (Lipinski definition) is 0. The van der Waals surface area contributed by atoms with Gasteiger partial charge in [-0.3, -0.25) is 14.8 Å². The average Bonchev–Trinajstić information content (AvgIpc) is 3.07. The van der Waals surface area contributed by atoms with Crippen LogP contribution in [0.1, 0.15) is 39.7 Å². The van der Waals surface area contributed by atoms with E-state index in [-0.39, 0.29) is 11.8 Å². The van der Waals surface area contributed by atoms with E-state index in [2.05, 4.69) is 16.0 Å². The Morgan fingerprint density at radius 1 is 1.33 bits per heavy atom. The number of carbonyl (C=O) groups is 1. The Hall–Kier alpha value is -2.27. The number of pyridine rings is 2. The lowest BCUT2D eigenvalue weighted by Gasteiger charge is -2.32. The summed E-state index contributed by atoms with van der Waals surface area (Å²) >= 11 is 1.63. The molecule has 1 saturated heterocycles. The van der Waals surface area contributed by atoms with Crippen molar-refractivity contribution < 1.29 is 4.79 Å². The van der Waals surface area contributed by atoms with Gasteiger partial charge in [-0.25, -0.2) is 0 Å². The number of thiophene rings is 1. The number of amides is 1. The number of piperidine rings is 1. The molecule has 0 spiro atoms. The second kappa shape index (κ2) is 6.32. The first-order valence-electron chi connectivity index (χ1n) is 8.26. The molecule has 0 unspecified atom stereocenters. The van der Waals surface area contributed by atoms with Gasteiger partial charge in [0.2, 0.25) is 0 Å². The summed E-state index contributed by atoms with van der Waals surface area (Å²) in [4.78, 5) is 24.9. The van der Waals surface area contributed by atoms with E-state index >= 15 is 0 Å². The number of rotatable bonds is 2. The first-order chi connectivity index (χ1) is 11.7. The third-order valence-corrected chi connectivity index (χ3v) is 5.47. The van der Waals surface area contributed by atoms with Crippen molar-refractivity contribution in [1.82, 2.24) is 14.9 Å². The van der Waals surface area contributed by atoms with Crippen LogP contribution >= 0.6 is 11.3 Å². The van der Waals surface area contributed by atoms with Gasteiger partial charge in [-0.1, -0.05) is 0 Å². The van der Waals surface area contributed by atoms with Crippen LogP contribution < -0.4 is 0 Å². The molecule has 1 atom stereocenters. The highest BCUT2D eigenvalue weighted by Gasteiger charge is 2.26. The number of carbonyl (C=O) groups excluding carboxylic acids is 1. The van der Waals surface area contributed by atoms with E-state index in [0.717, 1.165) is 48.1 Å². The molecule has 4 nitrogen and oxygen atoms in total.